The highest BCUT2D eigenvalue weighted by atomic mass is 16.5. The van der Waals surface area contributed by atoms with Crippen LogP contribution in [0, 0.1) is 0 Å². The molecule has 5 heteroatoms. The molecule has 0 spiro atoms. The standard InChI is InChI=1S/C23H35N3O2/c1-4-7-20-8-5-10-22(16-20)27-15-14-25-12-6-9-21-11-13-26-23(17-21)28-19(2)18-24-3/h5,8,10-11,13,16-17,19,24-25H,4,6-7,9,12,14-15,18H2,1-3H3. The van der Waals surface area contributed by atoms with Crippen molar-refractivity contribution in [1.29, 1.82) is 0 Å². The molecule has 0 aliphatic heterocycles. The highest BCUT2D eigenvalue weighted by Gasteiger charge is 2.04. The second kappa shape index (κ2) is 13.1. The van der Waals surface area contributed by atoms with Crippen LogP contribution in [-0.2, 0) is 12.8 Å². The third kappa shape index (κ3) is 8.72. The van der Waals surface area contributed by atoms with E-state index in [9.17, 15) is 0 Å². The average molecular weight is 386 g/mol. The van der Waals surface area contributed by atoms with E-state index < -0.39 is 0 Å². The number of benzene rings is 1. The number of nitrogens with one attached hydrogen (secondary N) is 2. The Kier molecular flexibility index (Phi) is 10.4. The monoisotopic (exact) mass is 385 g/mol. The van der Waals surface area contributed by atoms with E-state index in [1.165, 1.54) is 11.1 Å². The highest BCUT2D eigenvalue weighted by Crippen LogP contribution is 2.14. The molecule has 1 unspecified atom stereocenters. The summed E-state index contributed by atoms with van der Waals surface area (Å²) < 4.78 is 11.7. The molecule has 0 amide bonds. The second-order valence-corrected chi connectivity index (χ2v) is 7.09. The van der Waals surface area contributed by atoms with Gasteiger partial charge < -0.3 is 20.1 Å². The van der Waals surface area contributed by atoms with Crippen LogP contribution in [0.15, 0.2) is 42.6 Å². The van der Waals surface area contributed by atoms with Gasteiger partial charge in [0, 0.05) is 25.4 Å². The SMILES string of the molecule is CCCc1cccc(OCCNCCCc2ccnc(OC(C)CNC)c2)c1. The predicted molar refractivity (Wildman–Crippen MR) is 115 cm³/mol. The van der Waals surface area contributed by atoms with Gasteiger partial charge in [-0.1, -0.05) is 25.5 Å². The molecule has 28 heavy (non-hydrogen) atoms. The molecule has 0 fully saturated rings. The van der Waals surface area contributed by atoms with Crippen LogP contribution in [0.25, 0.3) is 0 Å². The molecule has 0 aliphatic rings. The van der Waals surface area contributed by atoms with Gasteiger partial charge in [-0.05, 0) is 69.1 Å². The van der Waals surface area contributed by atoms with Crippen molar-refractivity contribution in [1.82, 2.24) is 15.6 Å². The minimum absolute atomic E-state index is 0.108. The van der Waals surface area contributed by atoms with Crippen molar-refractivity contribution in [2.75, 3.05) is 33.3 Å². The minimum atomic E-state index is 0.108. The van der Waals surface area contributed by atoms with E-state index in [4.69, 9.17) is 9.47 Å². The van der Waals surface area contributed by atoms with Crippen molar-refractivity contribution in [3.8, 4) is 11.6 Å². The van der Waals surface area contributed by atoms with Gasteiger partial charge in [-0.25, -0.2) is 4.98 Å². The largest absolute Gasteiger partial charge is 0.492 e. The van der Waals surface area contributed by atoms with Gasteiger partial charge in [-0.2, -0.15) is 0 Å². The Bertz CT molecular complexity index is 678. The third-order valence-corrected chi connectivity index (χ3v) is 4.42. The van der Waals surface area contributed by atoms with Gasteiger partial charge in [0.05, 0.1) is 0 Å². The van der Waals surface area contributed by atoms with Crippen LogP contribution in [0.5, 0.6) is 11.6 Å². The fourth-order valence-corrected chi connectivity index (χ4v) is 3.07. The number of likely N-dealkylation sites (N-methyl/N-ethyl adjacent to an activating group) is 1. The van der Waals surface area contributed by atoms with Crippen LogP contribution < -0.4 is 20.1 Å². The molecule has 2 aromatic rings. The van der Waals surface area contributed by atoms with E-state index >= 15 is 0 Å². The highest BCUT2D eigenvalue weighted by molar-refractivity contribution is 5.28. The van der Waals surface area contributed by atoms with Gasteiger partial charge in [0.25, 0.3) is 0 Å². The lowest BCUT2D eigenvalue weighted by atomic mass is 10.1. The normalized spacial score (nSPS) is 12.0. The topological polar surface area (TPSA) is 55.4 Å². The lowest BCUT2D eigenvalue weighted by Crippen LogP contribution is -2.26. The maximum Gasteiger partial charge on any atom is 0.213 e. The van der Waals surface area contributed by atoms with Crippen molar-refractivity contribution in [2.45, 2.75) is 45.6 Å². The minimum Gasteiger partial charge on any atom is -0.492 e. The number of nitrogens with zero attached hydrogens (tertiary/aromatic N) is 1. The first-order chi connectivity index (χ1) is 13.7. The number of rotatable bonds is 14. The van der Waals surface area contributed by atoms with Gasteiger partial charge in [-0.15, -0.1) is 0 Å². The van der Waals surface area contributed by atoms with Gasteiger partial charge in [0.2, 0.25) is 5.88 Å². The van der Waals surface area contributed by atoms with Crippen LogP contribution in [0.2, 0.25) is 0 Å². The summed E-state index contributed by atoms with van der Waals surface area (Å²) in [6.07, 6.45) is 6.27. The molecule has 1 atom stereocenters. The fourth-order valence-electron chi connectivity index (χ4n) is 3.07. The molecule has 1 aromatic heterocycles. The van der Waals surface area contributed by atoms with Crippen LogP contribution in [0.1, 0.15) is 37.8 Å². The molecular weight excluding hydrogens is 350 g/mol. The van der Waals surface area contributed by atoms with Gasteiger partial charge in [-0.3, -0.25) is 0 Å². The Labute approximate surface area is 169 Å². The Hall–Kier alpha value is -2.11. The lowest BCUT2D eigenvalue weighted by molar-refractivity contribution is 0.211. The molecule has 0 aliphatic carbocycles. The molecule has 0 radical (unpaired) electrons. The first kappa shape index (κ1) is 22.2. The lowest BCUT2D eigenvalue weighted by Gasteiger charge is -2.13. The molecule has 2 rings (SSSR count). The summed E-state index contributed by atoms with van der Waals surface area (Å²) in [5.41, 5.74) is 2.60. The Balaban J connectivity index is 1.60. The van der Waals surface area contributed by atoms with Crippen molar-refractivity contribution >= 4 is 0 Å². The Morgan fingerprint density at radius 1 is 1.07 bits per heavy atom. The zero-order chi connectivity index (χ0) is 20.0. The van der Waals surface area contributed by atoms with E-state index in [2.05, 4.69) is 46.8 Å². The summed E-state index contributed by atoms with van der Waals surface area (Å²) in [7, 11) is 1.92. The second-order valence-electron chi connectivity index (χ2n) is 7.09. The van der Waals surface area contributed by atoms with Gasteiger partial charge in [0.15, 0.2) is 0 Å². The number of aromatic nitrogens is 1. The predicted octanol–water partition coefficient (Wildman–Crippen LogP) is 3.62. The van der Waals surface area contributed by atoms with Gasteiger partial charge in [0.1, 0.15) is 18.5 Å². The van der Waals surface area contributed by atoms with Crippen molar-refractivity contribution in [2.24, 2.45) is 0 Å². The van der Waals surface area contributed by atoms with Crippen LogP contribution >= 0.6 is 0 Å². The van der Waals surface area contributed by atoms with Crippen molar-refractivity contribution in [3.63, 3.8) is 0 Å². The van der Waals surface area contributed by atoms with E-state index in [-0.39, 0.29) is 6.10 Å². The number of hydrogen-bond acceptors (Lipinski definition) is 5. The number of aryl methyl sites for hydroxylation is 2. The Morgan fingerprint density at radius 2 is 1.93 bits per heavy atom. The maximum atomic E-state index is 5.84. The molecule has 0 saturated carbocycles. The van der Waals surface area contributed by atoms with E-state index in [1.54, 1.807) is 0 Å². The molecule has 2 N–H and O–H groups in total. The zero-order valence-corrected chi connectivity index (χ0v) is 17.5. The summed E-state index contributed by atoms with van der Waals surface area (Å²) >= 11 is 0. The first-order valence-electron chi connectivity index (χ1n) is 10.4. The smallest absolute Gasteiger partial charge is 0.213 e. The molecule has 5 nitrogen and oxygen atoms in total. The molecular formula is C23H35N3O2. The van der Waals surface area contributed by atoms with Crippen LogP contribution in [0.4, 0.5) is 0 Å². The number of ether oxygens (including phenoxy) is 2. The van der Waals surface area contributed by atoms with E-state index in [0.717, 1.165) is 51.1 Å². The van der Waals surface area contributed by atoms with Gasteiger partial charge >= 0.3 is 0 Å². The number of hydrogen-bond donors (Lipinski definition) is 2. The molecule has 1 heterocycles. The van der Waals surface area contributed by atoms with E-state index in [1.807, 2.05) is 32.3 Å². The molecule has 154 valence electrons. The van der Waals surface area contributed by atoms with Crippen molar-refractivity contribution in [3.05, 3.63) is 53.7 Å². The summed E-state index contributed by atoms with van der Waals surface area (Å²) in [5.74, 6) is 1.66. The molecule has 1 aromatic carbocycles. The summed E-state index contributed by atoms with van der Waals surface area (Å²) in [6.45, 7) is 7.55. The zero-order valence-electron chi connectivity index (χ0n) is 17.5. The van der Waals surface area contributed by atoms with E-state index in [0.29, 0.717) is 12.5 Å². The number of pyridine rings is 1. The summed E-state index contributed by atoms with van der Waals surface area (Å²) in [4.78, 5) is 4.29. The first-order valence-corrected chi connectivity index (χ1v) is 10.4. The molecule has 0 saturated heterocycles. The summed E-state index contributed by atoms with van der Waals surface area (Å²) in [5, 5.41) is 6.56. The average Bonchev–Trinajstić information content (AvgIpc) is 2.68. The molecule has 0 bridgehead atoms. The van der Waals surface area contributed by atoms with Crippen LogP contribution in [0.3, 0.4) is 0 Å². The van der Waals surface area contributed by atoms with Crippen molar-refractivity contribution < 1.29 is 9.47 Å². The third-order valence-electron chi connectivity index (χ3n) is 4.42. The quantitative estimate of drug-likeness (QED) is 0.487. The fraction of sp³-hybridized carbons (Fsp3) is 0.522. The van der Waals surface area contributed by atoms with Crippen LogP contribution in [-0.4, -0.2) is 44.4 Å². The maximum absolute atomic E-state index is 5.84. The Morgan fingerprint density at radius 3 is 2.75 bits per heavy atom. The summed E-state index contributed by atoms with van der Waals surface area (Å²) in [6, 6.07) is 12.5.